The average Bonchev–Trinajstić information content (AvgIpc) is 3.46. The Hall–Kier alpha value is -3.79. The van der Waals surface area contributed by atoms with Gasteiger partial charge in [0.2, 0.25) is 0 Å². The Morgan fingerprint density at radius 2 is 1.78 bits per heavy atom. The number of rotatable bonds is 15. The van der Waals surface area contributed by atoms with Gasteiger partial charge in [-0.2, -0.15) is 0 Å². The molecule has 13 nitrogen and oxygen atoms in total. The summed E-state index contributed by atoms with van der Waals surface area (Å²) in [6.45, 7) is 15.3. The molecule has 2 aromatic carbocycles. The van der Waals surface area contributed by atoms with Crippen LogP contribution in [0.15, 0.2) is 58.4 Å². The molecule has 1 aliphatic heterocycles. The van der Waals surface area contributed by atoms with Crippen LogP contribution in [-0.4, -0.2) is 90.0 Å². The number of hydrogen-bond donors (Lipinski definition) is 7. The second-order valence-corrected chi connectivity index (χ2v) is 16.5. The largest absolute Gasteiger partial charge is 0.375 e. The Labute approximate surface area is 334 Å². The van der Waals surface area contributed by atoms with E-state index in [0.717, 1.165) is 36.2 Å². The number of guanidine groups is 1. The summed E-state index contributed by atoms with van der Waals surface area (Å²) >= 11 is 12.4. The third-order valence-corrected chi connectivity index (χ3v) is 9.28. The van der Waals surface area contributed by atoms with Crippen molar-refractivity contribution in [3.05, 3.63) is 86.0 Å². The molecule has 0 radical (unpaired) electrons. The van der Waals surface area contributed by atoms with Gasteiger partial charge in [0.25, 0.3) is 5.56 Å². The van der Waals surface area contributed by atoms with Gasteiger partial charge in [0.1, 0.15) is 12.0 Å². The summed E-state index contributed by atoms with van der Waals surface area (Å²) in [6, 6.07) is 12.8. The number of likely N-dealkylation sites (tertiary alicyclic amines) is 1. The van der Waals surface area contributed by atoms with Gasteiger partial charge in [-0.15, -0.1) is 0 Å². The minimum atomic E-state index is -1.13. The molecule has 2 amide bonds. The summed E-state index contributed by atoms with van der Waals surface area (Å²) in [5, 5.41) is 10.3. The van der Waals surface area contributed by atoms with E-state index in [1.165, 1.54) is 0 Å². The molecule has 2 heterocycles. The number of aliphatic imine (C=N–C) groups is 1. The highest BCUT2D eigenvalue weighted by molar-refractivity contribution is 6.35. The molecule has 3 aromatic rings. The Balaban J connectivity index is 0.000000297. The van der Waals surface area contributed by atoms with Crippen molar-refractivity contribution in [1.29, 1.82) is 0 Å². The molecule has 1 saturated heterocycles. The van der Waals surface area contributed by atoms with Gasteiger partial charge in [-0.1, -0.05) is 74.3 Å². The SMILES string of the molecule is CC(C)(C)NC(=O)N[C@@H]1C[C@@H](COCc2c(Cl)cccc2Cl)N(C[C@@H](F)CN)C1.CC(C)(C)c1ncc(-c2ccc(CNCCCN=C(N)N)cc2)c(=O)[nH]1. The van der Waals surface area contributed by atoms with E-state index < -0.39 is 6.17 Å². The number of H-pyrrole nitrogens is 1. The van der Waals surface area contributed by atoms with Gasteiger partial charge in [-0.3, -0.25) is 14.7 Å². The lowest BCUT2D eigenvalue weighted by Crippen LogP contribution is -2.50. The lowest BCUT2D eigenvalue weighted by Gasteiger charge is -2.25. The second-order valence-electron chi connectivity index (χ2n) is 15.7. The van der Waals surface area contributed by atoms with Gasteiger partial charge in [-0.05, 0) is 63.4 Å². The molecule has 0 saturated carbocycles. The van der Waals surface area contributed by atoms with Crippen molar-refractivity contribution in [2.24, 2.45) is 22.2 Å². The number of nitrogens with zero attached hydrogens (tertiary/aromatic N) is 3. The van der Waals surface area contributed by atoms with Crippen LogP contribution in [0.5, 0.6) is 0 Å². The highest BCUT2D eigenvalue weighted by Gasteiger charge is 2.34. The van der Waals surface area contributed by atoms with Crippen LogP contribution in [0.2, 0.25) is 10.0 Å². The average molecular weight is 806 g/mol. The molecule has 55 heavy (non-hydrogen) atoms. The Morgan fingerprint density at radius 3 is 2.36 bits per heavy atom. The topological polar surface area (TPSA) is 202 Å². The Bertz CT molecular complexity index is 1720. The fourth-order valence-electron chi connectivity index (χ4n) is 5.77. The zero-order valence-corrected chi connectivity index (χ0v) is 34.4. The van der Waals surface area contributed by atoms with Gasteiger partial charge < -0.3 is 42.9 Å². The molecule has 1 aromatic heterocycles. The van der Waals surface area contributed by atoms with E-state index in [1.54, 1.807) is 24.4 Å². The van der Waals surface area contributed by atoms with Crippen molar-refractivity contribution in [1.82, 2.24) is 30.8 Å². The highest BCUT2D eigenvalue weighted by atomic mass is 35.5. The molecule has 16 heteroatoms. The van der Waals surface area contributed by atoms with Crippen LogP contribution >= 0.6 is 23.2 Å². The van der Waals surface area contributed by atoms with Crippen molar-refractivity contribution in [3.8, 4) is 11.1 Å². The first-order valence-corrected chi connectivity index (χ1v) is 19.2. The fourth-order valence-corrected chi connectivity index (χ4v) is 6.28. The van der Waals surface area contributed by atoms with E-state index >= 15 is 0 Å². The minimum Gasteiger partial charge on any atom is -0.375 e. The van der Waals surface area contributed by atoms with E-state index in [2.05, 4.69) is 30.9 Å². The Kier molecular flexibility index (Phi) is 17.8. The number of benzene rings is 2. The van der Waals surface area contributed by atoms with E-state index in [9.17, 15) is 14.0 Å². The first-order valence-electron chi connectivity index (χ1n) is 18.5. The van der Waals surface area contributed by atoms with E-state index in [4.69, 9.17) is 45.1 Å². The number of nitrogens with one attached hydrogen (secondary N) is 4. The zero-order chi connectivity index (χ0) is 40.8. The smallest absolute Gasteiger partial charge is 0.315 e. The number of urea groups is 1. The van der Waals surface area contributed by atoms with Crippen LogP contribution in [-0.2, 0) is 23.3 Å². The number of carbonyl (C=O) groups excluding carboxylic acids is 1. The van der Waals surface area contributed by atoms with Crippen molar-refractivity contribution in [3.63, 3.8) is 0 Å². The molecule has 3 atom stereocenters. The molecule has 10 N–H and O–H groups in total. The standard InChI is InChI=1S/C20H31Cl2FN4O2.C19H28N6O/c1-20(2,3)26-19(28)25-14-7-15(27(10-14)9-13(23)8-24)11-29-12-16-17(21)5-4-6-18(16)22;1-19(2,3)17-24-12-15(16(26)25-17)14-7-5-13(6-8-14)11-22-9-4-10-23-18(20)21/h4-6,13-15H,7-12,24H2,1-3H3,(H2,25,26,28);5-8,12,22H,4,9-11H2,1-3H3,(H4,20,21,23)(H,24,25,26)/t13-,14+,15-;/m0./s1. The lowest BCUT2D eigenvalue weighted by molar-refractivity contribution is 0.0587. The number of ether oxygens (including phenoxy) is 1. The molecule has 0 unspecified atom stereocenters. The summed E-state index contributed by atoms with van der Waals surface area (Å²) in [6.07, 6.45) is 2.05. The van der Waals surface area contributed by atoms with Gasteiger partial charge in [-0.25, -0.2) is 14.2 Å². The number of amides is 2. The van der Waals surface area contributed by atoms with Crippen LogP contribution in [0, 0.1) is 0 Å². The predicted octanol–water partition coefficient (Wildman–Crippen LogP) is 4.83. The molecular formula is C39H59Cl2FN10O3. The summed E-state index contributed by atoms with van der Waals surface area (Å²) in [4.78, 5) is 37.7. The molecule has 0 bridgehead atoms. The predicted molar refractivity (Wildman–Crippen MR) is 221 cm³/mol. The van der Waals surface area contributed by atoms with Crippen LogP contribution in [0.3, 0.4) is 0 Å². The number of aromatic amines is 1. The summed E-state index contributed by atoms with van der Waals surface area (Å²) in [7, 11) is 0. The zero-order valence-electron chi connectivity index (χ0n) is 32.9. The molecule has 1 aliphatic rings. The summed E-state index contributed by atoms with van der Waals surface area (Å²) < 4.78 is 19.8. The van der Waals surface area contributed by atoms with E-state index in [1.807, 2.05) is 70.7 Å². The van der Waals surface area contributed by atoms with Gasteiger partial charge >= 0.3 is 6.03 Å². The normalized spacial score (nSPS) is 16.5. The third-order valence-electron chi connectivity index (χ3n) is 8.57. The van der Waals surface area contributed by atoms with Gasteiger partial charge in [0.15, 0.2) is 5.96 Å². The van der Waals surface area contributed by atoms with Gasteiger partial charge in [0, 0.05) is 77.6 Å². The fraction of sp³-hybridized carbons (Fsp3) is 0.538. The molecule has 304 valence electrons. The van der Waals surface area contributed by atoms with Crippen LogP contribution in [0.25, 0.3) is 11.1 Å². The second kappa shape index (κ2) is 21.5. The first-order chi connectivity index (χ1) is 25.9. The molecule has 1 fully saturated rings. The Morgan fingerprint density at radius 1 is 1.11 bits per heavy atom. The number of halogens is 3. The molecule has 0 spiro atoms. The maximum absolute atomic E-state index is 13.9. The van der Waals surface area contributed by atoms with Crippen molar-refractivity contribution < 1.29 is 13.9 Å². The molecule has 0 aliphatic carbocycles. The number of alkyl halides is 1. The third kappa shape index (κ3) is 16.1. The van der Waals surface area contributed by atoms with E-state index in [-0.39, 0.29) is 60.3 Å². The van der Waals surface area contributed by atoms with Crippen molar-refractivity contribution in [2.45, 2.75) is 96.7 Å². The maximum atomic E-state index is 13.9. The monoisotopic (exact) mass is 804 g/mol. The van der Waals surface area contributed by atoms with Crippen LogP contribution in [0.4, 0.5) is 9.18 Å². The molecule has 4 rings (SSSR count). The number of aromatic nitrogens is 2. The number of nitrogens with two attached hydrogens (primary N) is 3. The van der Waals surface area contributed by atoms with Crippen LogP contribution < -0.4 is 38.7 Å². The van der Waals surface area contributed by atoms with Crippen LogP contribution in [0.1, 0.15) is 71.3 Å². The van der Waals surface area contributed by atoms with Crippen molar-refractivity contribution >= 4 is 35.2 Å². The van der Waals surface area contributed by atoms with Gasteiger partial charge in [0.05, 0.1) is 18.8 Å². The number of hydrogen-bond acceptors (Lipinski definition) is 8. The van der Waals surface area contributed by atoms with E-state index in [0.29, 0.717) is 47.6 Å². The first kappa shape index (κ1) is 45.6. The quantitative estimate of drug-likeness (QED) is 0.0638. The van der Waals surface area contributed by atoms with Crippen molar-refractivity contribution in [2.75, 3.05) is 39.3 Å². The summed E-state index contributed by atoms with van der Waals surface area (Å²) in [5.74, 6) is 0.813. The highest BCUT2D eigenvalue weighted by Crippen LogP contribution is 2.26. The minimum absolute atomic E-state index is 0.0398. The number of carbonyl (C=O) groups is 1. The lowest BCUT2D eigenvalue weighted by atomic mass is 9.95. The molecular weight excluding hydrogens is 746 g/mol. The summed E-state index contributed by atoms with van der Waals surface area (Å²) in [5.41, 5.74) is 18.7. The maximum Gasteiger partial charge on any atom is 0.315 e.